The van der Waals surface area contributed by atoms with Crippen LogP contribution in [0.15, 0.2) is 54.6 Å². The lowest BCUT2D eigenvalue weighted by Crippen LogP contribution is -2.33. The molecule has 4 rings (SSSR count). The number of nitrogens with zero attached hydrogens (tertiary/aromatic N) is 2. The van der Waals surface area contributed by atoms with E-state index in [9.17, 15) is 10.1 Å². The van der Waals surface area contributed by atoms with Crippen LogP contribution in [-0.2, 0) is 0 Å². The Morgan fingerprint density at radius 2 is 1.79 bits per heavy atom. The van der Waals surface area contributed by atoms with E-state index < -0.39 is 0 Å². The average molecular weight is 486 g/mol. The van der Waals surface area contributed by atoms with Crippen LogP contribution in [0.1, 0.15) is 24.1 Å². The molecule has 142 valence electrons. The van der Waals surface area contributed by atoms with E-state index in [4.69, 9.17) is 11.5 Å². The molecule has 0 fully saturated rings. The summed E-state index contributed by atoms with van der Waals surface area (Å²) in [5, 5.41) is 11.1. The van der Waals surface area contributed by atoms with Crippen LogP contribution in [0.3, 0.4) is 0 Å². The van der Waals surface area contributed by atoms with Crippen LogP contribution in [0, 0.1) is 13.7 Å². The second-order valence-electron chi connectivity index (χ2n) is 6.78. The second kappa shape index (κ2) is 6.97. The number of benzene rings is 3. The van der Waals surface area contributed by atoms with Gasteiger partial charge in [0.05, 0.1) is 11.0 Å². The molecule has 3 aromatic carbocycles. The smallest absolute Gasteiger partial charge is 0.269 e. The van der Waals surface area contributed by atoms with Crippen LogP contribution in [0.4, 0.5) is 22.7 Å². The van der Waals surface area contributed by atoms with Gasteiger partial charge in [-0.2, -0.15) is 0 Å². The molecule has 1 aliphatic heterocycles. The van der Waals surface area contributed by atoms with Crippen LogP contribution in [-0.4, -0.2) is 11.5 Å². The van der Waals surface area contributed by atoms with Crippen LogP contribution >= 0.6 is 22.6 Å². The molecule has 0 spiro atoms. The number of hydrogen-bond donors (Lipinski definition) is 2. The maximum Gasteiger partial charge on any atom is 0.269 e. The monoisotopic (exact) mass is 486 g/mol. The van der Waals surface area contributed by atoms with Gasteiger partial charge in [-0.1, -0.05) is 6.07 Å². The van der Waals surface area contributed by atoms with Gasteiger partial charge in [0.1, 0.15) is 0 Å². The number of nitro benzene ring substituents is 1. The van der Waals surface area contributed by atoms with Gasteiger partial charge in [-0.05, 0) is 82.6 Å². The highest BCUT2D eigenvalue weighted by atomic mass is 127. The predicted octanol–water partition coefficient (Wildman–Crippen LogP) is 4.96. The summed E-state index contributed by atoms with van der Waals surface area (Å²) in [6.45, 7) is 2.85. The minimum atomic E-state index is -0.382. The molecule has 0 amide bonds. The zero-order chi connectivity index (χ0) is 20.0. The van der Waals surface area contributed by atoms with E-state index in [0.717, 1.165) is 38.1 Å². The molecule has 0 aromatic heterocycles. The van der Waals surface area contributed by atoms with Crippen molar-refractivity contribution in [2.45, 2.75) is 13.0 Å². The number of non-ortho nitro benzene ring substituents is 1. The largest absolute Gasteiger partial charge is 0.399 e. The highest BCUT2D eigenvalue weighted by Gasteiger charge is 2.33. The fourth-order valence-electron chi connectivity index (χ4n) is 3.94. The summed E-state index contributed by atoms with van der Waals surface area (Å²) in [6.07, 6.45) is 0. The van der Waals surface area contributed by atoms with E-state index >= 15 is 0 Å². The molecule has 0 bridgehead atoms. The number of rotatable bonds is 3. The summed E-state index contributed by atoms with van der Waals surface area (Å²) >= 11 is 2.32. The lowest BCUT2D eigenvalue weighted by atomic mass is 9.84. The van der Waals surface area contributed by atoms with Gasteiger partial charge in [0.15, 0.2) is 0 Å². The molecule has 1 atom stereocenters. The molecule has 4 N–H and O–H groups in total. The third kappa shape index (κ3) is 2.95. The van der Waals surface area contributed by atoms with E-state index in [1.807, 2.05) is 42.5 Å². The quantitative estimate of drug-likeness (QED) is 0.236. The van der Waals surface area contributed by atoms with Crippen LogP contribution in [0.25, 0.3) is 11.1 Å². The summed E-state index contributed by atoms with van der Waals surface area (Å²) < 4.78 is 1.08. The van der Waals surface area contributed by atoms with E-state index in [0.29, 0.717) is 11.4 Å². The lowest BCUT2D eigenvalue weighted by molar-refractivity contribution is -0.384. The minimum absolute atomic E-state index is 0.0783. The molecular weight excluding hydrogens is 467 g/mol. The molecule has 0 aliphatic carbocycles. The van der Waals surface area contributed by atoms with Gasteiger partial charge >= 0.3 is 0 Å². The Morgan fingerprint density at radius 3 is 2.43 bits per heavy atom. The number of nitrogens with two attached hydrogens (primary N) is 2. The van der Waals surface area contributed by atoms with Gasteiger partial charge in [0.2, 0.25) is 0 Å². The van der Waals surface area contributed by atoms with Crippen molar-refractivity contribution in [3.05, 3.63) is 79.4 Å². The highest BCUT2D eigenvalue weighted by molar-refractivity contribution is 14.1. The summed E-state index contributed by atoms with van der Waals surface area (Å²) in [4.78, 5) is 12.9. The first kappa shape index (κ1) is 18.5. The zero-order valence-corrected chi connectivity index (χ0v) is 17.4. The van der Waals surface area contributed by atoms with Gasteiger partial charge in [0, 0.05) is 44.9 Å². The summed E-state index contributed by atoms with van der Waals surface area (Å²) in [7, 11) is 0. The molecule has 7 heteroatoms. The van der Waals surface area contributed by atoms with Crippen molar-refractivity contribution in [1.29, 1.82) is 0 Å². The molecular formula is C21H19IN4O2. The first-order valence-electron chi connectivity index (χ1n) is 8.90. The SMILES string of the molecule is CCN1c2cc(N)cc(I)c2-c2ccc(N)cc2C1c1ccc([N+](=O)[O-])cc1. The molecule has 3 aromatic rings. The number of nitro groups is 1. The Kier molecular flexibility index (Phi) is 4.62. The molecule has 28 heavy (non-hydrogen) atoms. The Hall–Kier alpha value is -2.81. The fourth-order valence-corrected chi connectivity index (χ4v) is 4.86. The standard InChI is InChI=1S/C21H19IN4O2/c1-2-25-19-11-14(24)10-18(22)20(19)16-8-5-13(23)9-17(16)21(25)12-3-6-15(7-4-12)26(27)28/h3-11,21H,2,23-24H2,1H3. The summed E-state index contributed by atoms with van der Waals surface area (Å²) in [5.41, 5.74) is 19.1. The molecule has 0 radical (unpaired) electrons. The maximum atomic E-state index is 11.1. The summed E-state index contributed by atoms with van der Waals surface area (Å²) in [5.74, 6) is 0. The Morgan fingerprint density at radius 1 is 1.07 bits per heavy atom. The first-order chi connectivity index (χ1) is 13.4. The van der Waals surface area contributed by atoms with E-state index in [1.54, 1.807) is 12.1 Å². The van der Waals surface area contributed by atoms with E-state index in [2.05, 4.69) is 34.4 Å². The Balaban J connectivity index is 1.98. The second-order valence-corrected chi connectivity index (χ2v) is 7.94. The van der Waals surface area contributed by atoms with E-state index in [1.165, 1.54) is 0 Å². The minimum Gasteiger partial charge on any atom is -0.399 e. The fraction of sp³-hybridized carbons (Fsp3) is 0.143. The maximum absolute atomic E-state index is 11.1. The van der Waals surface area contributed by atoms with Crippen molar-refractivity contribution in [2.75, 3.05) is 22.9 Å². The Bertz CT molecular complexity index is 1080. The van der Waals surface area contributed by atoms with E-state index in [-0.39, 0.29) is 16.7 Å². The zero-order valence-electron chi connectivity index (χ0n) is 15.2. The number of nitrogen functional groups attached to an aromatic ring is 2. The average Bonchev–Trinajstić information content (AvgIpc) is 2.66. The first-order valence-corrected chi connectivity index (χ1v) is 9.98. The Labute approximate surface area is 176 Å². The summed E-state index contributed by atoms with van der Waals surface area (Å²) in [6, 6.07) is 16.6. The normalized spacial score (nSPS) is 15.1. The van der Waals surface area contributed by atoms with Gasteiger partial charge in [-0.15, -0.1) is 0 Å². The van der Waals surface area contributed by atoms with Gasteiger partial charge < -0.3 is 16.4 Å². The van der Waals surface area contributed by atoms with Gasteiger partial charge in [-0.25, -0.2) is 0 Å². The van der Waals surface area contributed by atoms with Crippen LogP contribution in [0.2, 0.25) is 0 Å². The van der Waals surface area contributed by atoms with Crippen LogP contribution < -0.4 is 16.4 Å². The molecule has 1 heterocycles. The molecule has 0 saturated heterocycles. The van der Waals surface area contributed by atoms with Crippen molar-refractivity contribution in [1.82, 2.24) is 0 Å². The molecule has 1 unspecified atom stereocenters. The number of anilines is 3. The van der Waals surface area contributed by atoms with Crippen molar-refractivity contribution in [2.24, 2.45) is 0 Å². The topological polar surface area (TPSA) is 98.4 Å². The third-order valence-corrected chi connectivity index (χ3v) is 5.96. The van der Waals surface area contributed by atoms with Crippen molar-refractivity contribution >= 4 is 45.3 Å². The van der Waals surface area contributed by atoms with Crippen molar-refractivity contribution < 1.29 is 4.92 Å². The third-order valence-electron chi connectivity index (χ3n) is 5.11. The molecule has 0 saturated carbocycles. The van der Waals surface area contributed by atoms with Crippen molar-refractivity contribution in [3.63, 3.8) is 0 Å². The lowest BCUT2D eigenvalue weighted by Gasteiger charge is -2.40. The molecule has 6 nitrogen and oxygen atoms in total. The highest BCUT2D eigenvalue weighted by Crippen LogP contribution is 2.50. The number of hydrogen-bond acceptors (Lipinski definition) is 5. The molecule has 1 aliphatic rings. The predicted molar refractivity (Wildman–Crippen MR) is 121 cm³/mol. The van der Waals surface area contributed by atoms with Gasteiger partial charge in [0.25, 0.3) is 5.69 Å². The number of halogens is 1. The van der Waals surface area contributed by atoms with Crippen molar-refractivity contribution in [3.8, 4) is 11.1 Å². The number of fused-ring (bicyclic) bond motifs is 3. The van der Waals surface area contributed by atoms with Crippen LogP contribution in [0.5, 0.6) is 0 Å². The van der Waals surface area contributed by atoms with Gasteiger partial charge in [-0.3, -0.25) is 10.1 Å².